The van der Waals surface area contributed by atoms with E-state index in [1.165, 1.54) is 11.3 Å². The maximum Gasteiger partial charge on any atom is 0.410 e. The highest BCUT2D eigenvalue weighted by molar-refractivity contribution is 7.15. The molecule has 0 saturated heterocycles. The van der Waals surface area contributed by atoms with Crippen LogP contribution in [0.1, 0.15) is 27.9 Å². The number of carbonyl (C=O) groups is 2. The van der Waals surface area contributed by atoms with Crippen molar-refractivity contribution in [2.45, 2.75) is 19.9 Å². The monoisotopic (exact) mass is 365 g/mol. The van der Waals surface area contributed by atoms with E-state index in [1.54, 1.807) is 36.1 Å². The van der Waals surface area contributed by atoms with Crippen molar-refractivity contribution in [1.29, 1.82) is 0 Å². The molecule has 1 aliphatic heterocycles. The number of halogens is 1. The molecule has 2 heterocycles. The van der Waals surface area contributed by atoms with E-state index in [4.69, 9.17) is 16.3 Å². The minimum absolute atomic E-state index is 0.258. The van der Waals surface area contributed by atoms with Gasteiger partial charge in [0.25, 0.3) is 5.91 Å². The van der Waals surface area contributed by atoms with E-state index in [0.717, 1.165) is 10.6 Å². The topological polar surface area (TPSA) is 71.5 Å². The molecule has 8 heteroatoms. The Bertz CT molecular complexity index is 778. The van der Waals surface area contributed by atoms with Crippen LogP contribution >= 0.6 is 22.9 Å². The molecule has 126 valence electrons. The number of carbonyl (C=O) groups excluding carboxylic acids is 2. The van der Waals surface area contributed by atoms with Gasteiger partial charge >= 0.3 is 6.09 Å². The molecule has 0 radical (unpaired) electrons. The van der Waals surface area contributed by atoms with Gasteiger partial charge in [-0.3, -0.25) is 10.1 Å². The number of ether oxygens (including phenoxy) is 1. The van der Waals surface area contributed by atoms with Crippen molar-refractivity contribution in [3.8, 4) is 0 Å². The molecule has 1 aliphatic rings. The van der Waals surface area contributed by atoms with E-state index in [9.17, 15) is 9.59 Å². The van der Waals surface area contributed by atoms with E-state index in [2.05, 4.69) is 10.3 Å². The summed E-state index contributed by atoms with van der Waals surface area (Å²) in [5, 5.41) is 3.82. The first-order valence-corrected chi connectivity index (χ1v) is 8.73. The zero-order chi connectivity index (χ0) is 17.1. The standard InChI is InChI=1S/C16H16ClN3O3S/c1-2-23-16(22)20-7-6-12-13(9-20)24-15(18-12)19-14(21)10-4-3-5-11(17)8-10/h3-5,8H,2,6-7,9H2,1H3,(H,18,19,21). The van der Waals surface area contributed by atoms with Crippen LogP contribution in [0.4, 0.5) is 9.93 Å². The molecule has 0 fully saturated rings. The predicted molar refractivity (Wildman–Crippen MR) is 92.7 cm³/mol. The van der Waals surface area contributed by atoms with Crippen LogP contribution in [-0.4, -0.2) is 35.0 Å². The van der Waals surface area contributed by atoms with Crippen molar-refractivity contribution in [3.63, 3.8) is 0 Å². The van der Waals surface area contributed by atoms with Gasteiger partial charge in [0, 0.05) is 28.4 Å². The average Bonchev–Trinajstić information content (AvgIpc) is 2.96. The van der Waals surface area contributed by atoms with E-state index in [0.29, 0.717) is 41.8 Å². The van der Waals surface area contributed by atoms with Gasteiger partial charge in [0.15, 0.2) is 5.13 Å². The Balaban J connectivity index is 1.70. The van der Waals surface area contributed by atoms with Gasteiger partial charge in [0.1, 0.15) is 0 Å². The Labute approximate surface area is 148 Å². The summed E-state index contributed by atoms with van der Waals surface area (Å²) >= 11 is 7.28. The minimum atomic E-state index is -0.318. The number of hydrogen-bond donors (Lipinski definition) is 1. The molecule has 2 aromatic rings. The zero-order valence-electron chi connectivity index (χ0n) is 13.0. The summed E-state index contributed by atoms with van der Waals surface area (Å²) in [6.07, 6.45) is 0.332. The molecule has 0 aliphatic carbocycles. The molecule has 1 aromatic carbocycles. The fourth-order valence-electron chi connectivity index (χ4n) is 2.42. The average molecular weight is 366 g/mol. The molecular weight excluding hydrogens is 350 g/mol. The summed E-state index contributed by atoms with van der Waals surface area (Å²) in [6.45, 7) is 3.16. The molecule has 6 nitrogen and oxygen atoms in total. The maximum absolute atomic E-state index is 12.2. The molecule has 0 saturated carbocycles. The van der Waals surface area contributed by atoms with Crippen molar-refractivity contribution in [3.05, 3.63) is 45.4 Å². The number of nitrogens with zero attached hydrogens (tertiary/aromatic N) is 2. The van der Waals surface area contributed by atoms with Crippen LogP contribution in [0, 0.1) is 0 Å². The van der Waals surface area contributed by atoms with Gasteiger partial charge in [-0.1, -0.05) is 29.0 Å². The normalized spacial score (nSPS) is 13.3. The van der Waals surface area contributed by atoms with Crippen molar-refractivity contribution in [2.75, 3.05) is 18.5 Å². The van der Waals surface area contributed by atoms with Gasteiger partial charge in [0.05, 0.1) is 18.8 Å². The Hall–Kier alpha value is -2.12. The second kappa shape index (κ2) is 7.19. The largest absolute Gasteiger partial charge is 0.450 e. The van der Waals surface area contributed by atoms with E-state index >= 15 is 0 Å². The van der Waals surface area contributed by atoms with Gasteiger partial charge in [-0.2, -0.15) is 0 Å². The molecule has 0 atom stereocenters. The lowest BCUT2D eigenvalue weighted by Crippen LogP contribution is -2.35. The van der Waals surface area contributed by atoms with E-state index in [-0.39, 0.29) is 12.0 Å². The van der Waals surface area contributed by atoms with E-state index < -0.39 is 0 Å². The summed E-state index contributed by atoms with van der Waals surface area (Å²) in [4.78, 5) is 31.1. The lowest BCUT2D eigenvalue weighted by Gasteiger charge is -2.24. The first kappa shape index (κ1) is 16.7. The Morgan fingerprint density at radius 3 is 3.04 bits per heavy atom. The number of hydrogen-bond acceptors (Lipinski definition) is 5. The highest BCUT2D eigenvalue weighted by atomic mass is 35.5. The molecule has 0 bridgehead atoms. The van der Waals surface area contributed by atoms with E-state index in [1.807, 2.05) is 0 Å². The van der Waals surface area contributed by atoms with Crippen molar-refractivity contribution in [2.24, 2.45) is 0 Å². The van der Waals surface area contributed by atoms with Crippen LogP contribution in [0.15, 0.2) is 24.3 Å². The number of rotatable bonds is 3. The number of fused-ring (bicyclic) bond motifs is 1. The third-order valence-corrected chi connectivity index (χ3v) is 4.80. The van der Waals surface area contributed by atoms with Gasteiger partial charge in [-0.25, -0.2) is 9.78 Å². The molecule has 0 spiro atoms. The summed E-state index contributed by atoms with van der Waals surface area (Å²) < 4.78 is 5.03. The second-order valence-electron chi connectivity index (χ2n) is 5.22. The van der Waals surface area contributed by atoms with Gasteiger partial charge < -0.3 is 9.64 Å². The Morgan fingerprint density at radius 1 is 1.46 bits per heavy atom. The third-order valence-electron chi connectivity index (χ3n) is 3.56. The van der Waals surface area contributed by atoms with Crippen LogP contribution in [0.25, 0.3) is 0 Å². The summed E-state index contributed by atoms with van der Waals surface area (Å²) in [5.41, 5.74) is 1.39. The first-order chi connectivity index (χ1) is 11.6. The van der Waals surface area contributed by atoms with Crippen LogP contribution in [0.5, 0.6) is 0 Å². The molecule has 2 amide bonds. The number of benzene rings is 1. The molecule has 3 rings (SSSR count). The third kappa shape index (κ3) is 3.68. The maximum atomic E-state index is 12.2. The zero-order valence-corrected chi connectivity index (χ0v) is 14.6. The Morgan fingerprint density at radius 2 is 2.29 bits per heavy atom. The fraction of sp³-hybridized carbons (Fsp3) is 0.312. The van der Waals surface area contributed by atoms with Crippen molar-refractivity contribution >= 4 is 40.1 Å². The summed E-state index contributed by atoms with van der Waals surface area (Å²) in [6, 6.07) is 6.73. The van der Waals surface area contributed by atoms with Crippen LogP contribution in [-0.2, 0) is 17.7 Å². The number of amides is 2. The Kier molecular flexibility index (Phi) is 5.01. The SMILES string of the molecule is CCOC(=O)N1CCc2nc(NC(=O)c3cccc(Cl)c3)sc2C1. The van der Waals surface area contributed by atoms with Crippen LogP contribution < -0.4 is 5.32 Å². The molecule has 0 unspecified atom stereocenters. The fourth-order valence-corrected chi connectivity index (χ4v) is 3.63. The predicted octanol–water partition coefficient (Wildman–Crippen LogP) is 3.56. The molecular formula is C16H16ClN3O3S. The lowest BCUT2D eigenvalue weighted by atomic mass is 10.2. The lowest BCUT2D eigenvalue weighted by molar-refractivity contribution is 0.102. The quantitative estimate of drug-likeness (QED) is 0.902. The highest BCUT2D eigenvalue weighted by Crippen LogP contribution is 2.29. The minimum Gasteiger partial charge on any atom is -0.450 e. The number of nitrogens with one attached hydrogen (secondary N) is 1. The molecule has 24 heavy (non-hydrogen) atoms. The second-order valence-corrected chi connectivity index (χ2v) is 6.74. The first-order valence-electron chi connectivity index (χ1n) is 7.54. The smallest absolute Gasteiger partial charge is 0.410 e. The van der Waals surface area contributed by atoms with Crippen LogP contribution in [0.3, 0.4) is 0 Å². The van der Waals surface area contributed by atoms with Crippen molar-refractivity contribution < 1.29 is 14.3 Å². The summed E-state index contributed by atoms with van der Waals surface area (Å²) in [5.74, 6) is -0.258. The van der Waals surface area contributed by atoms with Gasteiger partial charge in [-0.15, -0.1) is 0 Å². The van der Waals surface area contributed by atoms with Crippen molar-refractivity contribution in [1.82, 2.24) is 9.88 Å². The number of thiazole rings is 1. The molecule has 1 aromatic heterocycles. The van der Waals surface area contributed by atoms with Gasteiger partial charge in [0.2, 0.25) is 0 Å². The number of aromatic nitrogens is 1. The number of anilines is 1. The van der Waals surface area contributed by atoms with Gasteiger partial charge in [-0.05, 0) is 25.1 Å². The molecule has 1 N–H and O–H groups in total. The van der Waals surface area contributed by atoms with Crippen LogP contribution in [0.2, 0.25) is 5.02 Å². The highest BCUT2D eigenvalue weighted by Gasteiger charge is 2.25. The summed E-state index contributed by atoms with van der Waals surface area (Å²) in [7, 11) is 0.